The van der Waals surface area contributed by atoms with E-state index in [1.165, 1.54) is 9.13 Å². The second-order valence-electron chi connectivity index (χ2n) is 5.68. The van der Waals surface area contributed by atoms with Gasteiger partial charge in [0.1, 0.15) is 18.9 Å². The molecule has 126 valence electrons. The number of piperidine rings is 1. The first kappa shape index (κ1) is 16.1. The monoisotopic (exact) mass is 331 g/mol. The zero-order chi connectivity index (χ0) is 17.3. The highest BCUT2D eigenvalue weighted by Crippen LogP contribution is 2.23. The van der Waals surface area contributed by atoms with E-state index >= 15 is 0 Å². The van der Waals surface area contributed by atoms with Gasteiger partial charge in [0.15, 0.2) is 0 Å². The van der Waals surface area contributed by atoms with E-state index < -0.39 is 11.9 Å². The molecule has 1 unspecified atom stereocenters. The lowest BCUT2D eigenvalue weighted by Gasteiger charge is -2.21. The van der Waals surface area contributed by atoms with Crippen molar-refractivity contribution in [3.63, 3.8) is 0 Å². The van der Waals surface area contributed by atoms with Crippen molar-refractivity contribution in [3.05, 3.63) is 34.2 Å². The number of nitrogens with zero attached hydrogens (tertiary/aromatic N) is 2. The van der Waals surface area contributed by atoms with Gasteiger partial charge in [0, 0.05) is 13.5 Å². The maximum Gasteiger partial charge on any atom is 0.329 e. The molecule has 0 saturated carbocycles. The summed E-state index contributed by atoms with van der Waals surface area (Å²) in [4.78, 5) is 46.3. The lowest BCUT2D eigenvalue weighted by Crippen LogP contribution is -2.44. The maximum atomic E-state index is 12.6. The van der Waals surface area contributed by atoms with E-state index in [0.29, 0.717) is 23.7 Å². The summed E-state index contributed by atoms with van der Waals surface area (Å²) in [6, 6.07) is 4.63. The SMILES string of the molecule is Cn1c(=O)n(C2CCC(=O)NC2=O)c2ccc(COCC=O)cc21. The minimum atomic E-state index is -0.698. The Morgan fingerprint density at radius 1 is 1.29 bits per heavy atom. The van der Waals surface area contributed by atoms with Crippen LogP contribution < -0.4 is 11.0 Å². The van der Waals surface area contributed by atoms with E-state index in [-0.39, 0.29) is 31.2 Å². The number of imidazole rings is 1. The van der Waals surface area contributed by atoms with Crippen molar-refractivity contribution >= 4 is 29.1 Å². The van der Waals surface area contributed by atoms with Gasteiger partial charge < -0.3 is 9.53 Å². The molecule has 0 aliphatic carbocycles. The van der Waals surface area contributed by atoms with Gasteiger partial charge in [-0.05, 0) is 24.1 Å². The van der Waals surface area contributed by atoms with Crippen molar-refractivity contribution in [1.82, 2.24) is 14.5 Å². The third kappa shape index (κ3) is 2.76. The Morgan fingerprint density at radius 3 is 2.79 bits per heavy atom. The van der Waals surface area contributed by atoms with Gasteiger partial charge in [-0.25, -0.2) is 4.79 Å². The molecule has 1 aliphatic rings. The second-order valence-corrected chi connectivity index (χ2v) is 5.68. The smallest absolute Gasteiger partial charge is 0.329 e. The molecule has 24 heavy (non-hydrogen) atoms. The molecule has 1 aromatic carbocycles. The Morgan fingerprint density at radius 2 is 2.08 bits per heavy atom. The number of rotatable bonds is 5. The van der Waals surface area contributed by atoms with E-state index in [9.17, 15) is 19.2 Å². The third-order valence-corrected chi connectivity index (χ3v) is 4.13. The van der Waals surface area contributed by atoms with Crippen molar-refractivity contribution in [3.8, 4) is 0 Å². The van der Waals surface area contributed by atoms with Gasteiger partial charge in [-0.3, -0.25) is 24.0 Å². The van der Waals surface area contributed by atoms with Crippen LogP contribution in [0.4, 0.5) is 0 Å². The molecule has 3 rings (SSSR count). The highest BCUT2D eigenvalue weighted by molar-refractivity contribution is 6.00. The van der Waals surface area contributed by atoms with Crippen molar-refractivity contribution in [2.45, 2.75) is 25.5 Å². The number of aryl methyl sites for hydroxylation is 1. The van der Waals surface area contributed by atoms with Crippen LogP contribution in [0.15, 0.2) is 23.0 Å². The van der Waals surface area contributed by atoms with E-state index in [4.69, 9.17) is 4.74 Å². The molecule has 8 nitrogen and oxygen atoms in total. The number of nitrogens with one attached hydrogen (secondary N) is 1. The third-order valence-electron chi connectivity index (χ3n) is 4.13. The number of hydrogen-bond acceptors (Lipinski definition) is 5. The van der Waals surface area contributed by atoms with Crippen LogP contribution in [0.25, 0.3) is 11.0 Å². The second kappa shape index (κ2) is 6.40. The van der Waals surface area contributed by atoms with Gasteiger partial charge in [-0.2, -0.15) is 0 Å². The predicted molar refractivity (Wildman–Crippen MR) is 84.3 cm³/mol. The zero-order valence-electron chi connectivity index (χ0n) is 13.2. The molecule has 1 atom stereocenters. The van der Waals surface area contributed by atoms with Gasteiger partial charge in [0.05, 0.1) is 17.6 Å². The number of benzene rings is 1. The van der Waals surface area contributed by atoms with Crippen LogP contribution in [-0.4, -0.2) is 33.8 Å². The Kier molecular flexibility index (Phi) is 4.30. The summed E-state index contributed by atoms with van der Waals surface area (Å²) < 4.78 is 8.06. The molecule has 1 N–H and O–H groups in total. The number of imide groups is 1. The Balaban J connectivity index is 2.01. The maximum absolute atomic E-state index is 12.6. The lowest BCUT2D eigenvalue weighted by molar-refractivity contribution is -0.135. The Hall–Kier alpha value is -2.74. The van der Waals surface area contributed by atoms with Crippen molar-refractivity contribution < 1.29 is 19.1 Å². The summed E-state index contributed by atoms with van der Waals surface area (Å²) in [5, 5.41) is 2.27. The van der Waals surface area contributed by atoms with Crippen LogP contribution in [0.2, 0.25) is 0 Å². The van der Waals surface area contributed by atoms with E-state index in [2.05, 4.69) is 5.32 Å². The average molecular weight is 331 g/mol. The molecule has 0 spiro atoms. The molecule has 0 radical (unpaired) electrons. The minimum absolute atomic E-state index is 0.00819. The van der Waals surface area contributed by atoms with Crippen LogP contribution in [0.1, 0.15) is 24.4 Å². The summed E-state index contributed by atoms with van der Waals surface area (Å²) >= 11 is 0. The molecule has 2 amide bonds. The van der Waals surface area contributed by atoms with Crippen LogP contribution in [0, 0.1) is 0 Å². The minimum Gasteiger partial charge on any atom is -0.369 e. The molecule has 1 aliphatic heterocycles. The Labute approximate surface area is 137 Å². The number of ether oxygens (including phenoxy) is 1. The molecule has 1 saturated heterocycles. The molecule has 1 fully saturated rings. The number of amides is 2. The fourth-order valence-corrected chi connectivity index (χ4v) is 2.95. The first-order chi connectivity index (χ1) is 11.5. The summed E-state index contributed by atoms with van der Waals surface area (Å²) in [6.45, 7) is 0.265. The number of carbonyl (C=O) groups is 3. The van der Waals surface area contributed by atoms with Crippen LogP contribution in [0.5, 0.6) is 0 Å². The summed E-state index contributed by atoms with van der Waals surface area (Å²) in [5.74, 6) is -0.779. The normalized spacial score (nSPS) is 18.0. The fourth-order valence-electron chi connectivity index (χ4n) is 2.95. The molecule has 2 heterocycles. The quantitative estimate of drug-likeness (QED) is 0.473. The highest BCUT2D eigenvalue weighted by Gasteiger charge is 2.31. The van der Waals surface area contributed by atoms with Crippen LogP contribution in [-0.2, 0) is 32.8 Å². The Bertz CT molecular complexity index is 880. The fraction of sp³-hybridized carbons (Fsp3) is 0.375. The number of aldehydes is 1. The molecule has 1 aromatic heterocycles. The van der Waals surface area contributed by atoms with E-state index in [0.717, 1.165) is 5.56 Å². The highest BCUT2D eigenvalue weighted by atomic mass is 16.5. The van der Waals surface area contributed by atoms with Gasteiger partial charge in [-0.1, -0.05) is 6.07 Å². The van der Waals surface area contributed by atoms with Crippen molar-refractivity contribution in [2.75, 3.05) is 6.61 Å². The zero-order valence-corrected chi connectivity index (χ0v) is 13.2. The molecular weight excluding hydrogens is 314 g/mol. The molecule has 8 heteroatoms. The van der Waals surface area contributed by atoms with Crippen LogP contribution >= 0.6 is 0 Å². The van der Waals surface area contributed by atoms with Gasteiger partial charge >= 0.3 is 5.69 Å². The standard InChI is InChI=1S/C16H17N3O5/c1-18-13-8-10(9-24-7-6-20)2-3-11(13)19(16(18)23)12-4-5-14(21)17-15(12)22/h2-3,6,8,12H,4-5,7,9H2,1H3,(H,17,21,22). The number of fused-ring (bicyclic) bond motifs is 1. The van der Waals surface area contributed by atoms with Gasteiger partial charge in [0.25, 0.3) is 0 Å². The number of carbonyl (C=O) groups excluding carboxylic acids is 3. The largest absolute Gasteiger partial charge is 0.369 e. The molecule has 2 aromatic rings. The lowest BCUT2D eigenvalue weighted by atomic mass is 10.1. The first-order valence-electron chi connectivity index (χ1n) is 7.58. The van der Waals surface area contributed by atoms with E-state index in [1.807, 2.05) is 0 Å². The van der Waals surface area contributed by atoms with E-state index in [1.54, 1.807) is 25.2 Å². The average Bonchev–Trinajstić information content (AvgIpc) is 2.80. The first-order valence-corrected chi connectivity index (χ1v) is 7.58. The number of hydrogen-bond donors (Lipinski definition) is 1. The van der Waals surface area contributed by atoms with Crippen LogP contribution in [0.3, 0.4) is 0 Å². The van der Waals surface area contributed by atoms with Gasteiger partial charge in [0.2, 0.25) is 11.8 Å². The topological polar surface area (TPSA) is 99.4 Å². The van der Waals surface area contributed by atoms with Crippen molar-refractivity contribution in [2.24, 2.45) is 7.05 Å². The number of aromatic nitrogens is 2. The van der Waals surface area contributed by atoms with Gasteiger partial charge in [-0.15, -0.1) is 0 Å². The van der Waals surface area contributed by atoms with Crippen molar-refractivity contribution in [1.29, 1.82) is 0 Å². The summed E-state index contributed by atoms with van der Waals surface area (Å²) in [7, 11) is 1.63. The summed E-state index contributed by atoms with van der Waals surface area (Å²) in [6.07, 6.45) is 1.18. The predicted octanol–water partition coefficient (Wildman–Crippen LogP) is 0.0332. The molecular formula is C16H17N3O5. The molecule has 0 bridgehead atoms. The summed E-state index contributed by atoms with van der Waals surface area (Å²) in [5.41, 5.74) is 1.79.